The summed E-state index contributed by atoms with van der Waals surface area (Å²) >= 11 is 0. The molecule has 0 radical (unpaired) electrons. The average molecular weight is 490 g/mol. The Morgan fingerprint density at radius 1 is 0.829 bits per heavy atom. The van der Waals surface area contributed by atoms with Crippen LogP contribution in [-0.4, -0.2) is 35.9 Å². The predicted molar refractivity (Wildman–Crippen MR) is 148 cm³/mol. The van der Waals surface area contributed by atoms with Crippen LogP contribution in [0.5, 0.6) is 0 Å². The number of rotatable bonds is 25. The van der Waals surface area contributed by atoms with Crippen molar-refractivity contribution in [1.29, 1.82) is 0 Å². The zero-order chi connectivity index (χ0) is 25.5. The molecule has 1 unspecified atom stereocenters. The van der Waals surface area contributed by atoms with Crippen LogP contribution in [0.1, 0.15) is 135 Å². The molecule has 0 aromatic carbocycles. The fourth-order valence-electron chi connectivity index (χ4n) is 5.06. The Balaban J connectivity index is 1.90. The highest BCUT2D eigenvalue weighted by molar-refractivity contribution is 5.81. The highest BCUT2D eigenvalue weighted by atomic mass is 16.4. The third-order valence-electron chi connectivity index (χ3n) is 7.20. The molecule has 0 fully saturated rings. The summed E-state index contributed by atoms with van der Waals surface area (Å²) in [6.07, 6.45) is 34.7. The molecule has 202 valence electrons. The van der Waals surface area contributed by atoms with E-state index >= 15 is 0 Å². The number of nitrogens with zero attached hydrogens (tertiary/aromatic N) is 2. The van der Waals surface area contributed by atoms with Crippen molar-refractivity contribution in [2.75, 3.05) is 19.6 Å². The largest absolute Gasteiger partial charge is 0.544 e. The van der Waals surface area contributed by atoms with Gasteiger partial charge in [0.1, 0.15) is 19.3 Å². The molecular formula is C30H55N3O2. The van der Waals surface area contributed by atoms with Crippen LogP contribution >= 0.6 is 0 Å². The molecule has 0 amide bonds. The maximum atomic E-state index is 11.2. The first-order chi connectivity index (χ1) is 17.1. The smallest absolute Gasteiger partial charge is 0.208 e. The second-order valence-corrected chi connectivity index (χ2v) is 10.4. The van der Waals surface area contributed by atoms with Gasteiger partial charge in [-0.15, -0.1) is 0 Å². The molecule has 0 bridgehead atoms. The van der Waals surface area contributed by atoms with Gasteiger partial charge in [0.25, 0.3) is 0 Å². The van der Waals surface area contributed by atoms with Gasteiger partial charge in [-0.25, -0.2) is 9.48 Å². The number of amidine groups is 1. The number of quaternary nitrogens is 1. The molecule has 0 aliphatic carbocycles. The average Bonchev–Trinajstić information content (AvgIpc) is 3.21. The second-order valence-electron chi connectivity index (χ2n) is 10.4. The summed E-state index contributed by atoms with van der Waals surface area (Å²) < 4.78 is 0.214. The van der Waals surface area contributed by atoms with E-state index in [0.717, 1.165) is 25.1 Å². The molecule has 5 heteroatoms. The van der Waals surface area contributed by atoms with Crippen LogP contribution in [-0.2, 0) is 4.79 Å². The van der Waals surface area contributed by atoms with Crippen molar-refractivity contribution < 1.29 is 14.4 Å². The lowest BCUT2D eigenvalue weighted by atomic mass is 10.0. The van der Waals surface area contributed by atoms with Gasteiger partial charge in [-0.3, -0.25) is 0 Å². The molecule has 0 spiro atoms. The minimum atomic E-state index is -1.06. The topological polar surface area (TPSA) is 78.5 Å². The third-order valence-corrected chi connectivity index (χ3v) is 7.20. The van der Waals surface area contributed by atoms with E-state index in [4.69, 9.17) is 5.73 Å². The van der Waals surface area contributed by atoms with Crippen LogP contribution < -0.4 is 10.8 Å². The van der Waals surface area contributed by atoms with E-state index in [2.05, 4.69) is 24.1 Å². The van der Waals surface area contributed by atoms with Crippen molar-refractivity contribution in [1.82, 2.24) is 0 Å². The lowest BCUT2D eigenvalue weighted by molar-refractivity contribution is -0.780. The molecule has 0 saturated carbocycles. The van der Waals surface area contributed by atoms with Crippen molar-refractivity contribution >= 4 is 11.8 Å². The van der Waals surface area contributed by atoms with Crippen molar-refractivity contribution in [2.45, 2.75) is 135 Å². The lowest BCUT2D eigenvalue weighted by Crippen LogP contribution is -2.54. The summed E-state index contributed by atoms with van der Waals surface area (Å²) in [5.41, 5.74) is 5.71. The Morgan fingerprint density at radius 2 is 1.31 bits per heavy atom. The molecule has 0 aromatic heterocycles. The van der Waals surface area contributed by atoms with Gasteiger partial charge in [-0.05, 0) is 19.3 Å². The number of carboxylic acid groups (broad SMARTS) is 1. The number of carboxylic acids is 1. The van der Waals surface area contributed by atoms with Crippen LogP contribution in [0.25, 0.3) is 0 Å². The molecule has 1 rings (SSSR count). The number of aliphatic carboxylic acids is 1. The third kappa shape index (κ3) is 16.0. The Bertz CT molecular complexity index is 615. The van der Waals surface area contributed by atoms with Crippen LogP contribution in [0.15, 0.2) is 29.5 Å². The highest BCUT2D eigenvalue weighted by Gasteiger charge is 2.34. The molecule has 1 heterocycles. The van der Waals surface area contributed by atoms with Gasteiger partial charge < -0.3 is 15.6 Å². The number of nitrogens with two attached hydrogens (primary N) is 1. The molecule has 35 heavy (non-hydrogen) atoms. The molecule has 0 saturated heterocycles. The van der Waals surface area contributed by atoms with E-state index in [-0.39, 0.29) is 11.0 Å². The van der Waals surface area contributed by atoms with E-state index in [1.807, 2.05) is 6.20 Å². The van der Waals surface area contributed by atoms with Gasteiger partial charge in [0.05, 0.1) is 12.2 Å². The van der Waals surface area contributed by atoms with Crippen LogP contribution in [0, 0.1) is 0 Å². The number of allylic oxidation sites excluding steroid dienone is 2. The van der Waals surface area contributed by atoms with E-state index in [1.54, 1.807) is 6.20 Å². The second kappa shape index (κ2) is 21.8. The molecule has 5 nitrogen and oxygen atoms in total. The monoisotopic (exact) mass is 489 g/mol. The molecule has 0 aromatic rings. The van der Waals surface area contributed by atoms with Crippen LogP contribution in [0.2, 0.25) is 0 Å². The normalized spacial score (nSPS) is 17.5. The highest BCUT2D eigenvalue weighted by Crippen LogP contribution is 2.20. The summed E-state index contributed by atoms with van der Waals surface area (Å²) in [7, 11) is 0. The van der Waals surface area contributed by atoms with Crippen LogP contribution in [0.3, 0.4) is 0 Å². The van der Waals surface area contributed by atoms with E-state index in [0.29, 0.717) is 13.1 Å². The van der Waals surface area contributed by atoms with Crippen molar-refractivity contribution in [3.05, 3.63) is 24.6 Å². The summed E-state index contributed by atoms with van der Waals surface area (Å²) in [4.78, 5) is 15.6. The Morgan fingerprint density at radius 3 is 1.80 bits per heavy atom. The minimum absolute atomic E-state index is 0.0878. The Kier molecular flexibility index (Phi) is 19.7. The van der Waals surface area contributed by atoms with Gasteiger partial charge in [0.15, 0.2) is 0 Å². The van der Waals surface area contributed by atoms with Gasteiger partial charge in [0.2, 0.25) is 5.84 Å². The van der Waals surface area contributed by atoms with Gasteiger partial charge in [-0.2, -0.15) is 0 Å². The molecular weight excluding hydrogens is 434 g/mol. The van der Waals surface area contributed by atoms with Crippen LogP contribution in [0.4, 0.5) is 0 Å². The molecule has 1 aliphatic heterocycles. The summed E-state index contributed by atoms with van der Waals surface area (Å²) in [6.45, 7) is 3.17. The summed E-state index contributed by atoms with van der Waals surface area (Å²) in [5.74, 6) is -0.186. The summed E-state index contributed by atoms with van der Waals surface area (Å²) in [5, 5.41) is 11.2. The zero-order valence-electron chi connectivity index (χ0n) is 22.9. The van der Waals surface area contributed by atoms with E-state index in [1.165, 1.54) is 109 Å². The first-order valence-electron chi connectivity index (χ1n) is 14.8. The Labute approximate surface area is 216 Å². The molecule has 2 N–H and O–H groups in total. The Hall–Kier alpha value is -1.46. The maximum absolute atomic E-state index is 11.2. The van der Waals surface area contributed by atoms with E-state index < -0.39 is 5.97 Å². The van der Waals surface area contributed by atoms with Crippen molar-refractivity contribution in [2.24, 2.45) is 10.7 Å². The SMILES string of the molecule is CCCCCCCCCCCCCCCCCCC/C=C/CCC1=NC=C[N+]1(CCN)CC(=O)[O-]. The zero-order valence-corrected chi connectivity index (χ0v) is 22.9. The van der Waals surface area contributed by atoms with Gasteiger partial charge >= 0.3 is 0 Å². The van der Waals surface area contributed by atoms with E-state index in [9.17, 15) is 9.90 Å². The van der Waals surface area contributed by atoms with Crippen molar-refractivity contribution in [3.63, 3.8) is 0 Å². The fraction of sp³-hybridized carbons (Fsp3) is 0.800. The molecule has 1 aliphatic rings. The standard InChI is InChI=1S/C30H55N3O2/c1-2-3-4-5-6-7-8-9-10-11-12-13-14-15-16-17-18-19-20-21-22-23-29-32-25-27-33(29,26-24-31)28-30(34)35/h20-21,25,27H,2-19,22-24,26,28,31H2,1H3/b21-20+. The number of aliphatic imine (C=N–C) groups is 1. The predicted octanol–water partition coefficient (Wildman–Crippen LogP) is 6.77. The first-order valence-corrected chi connectivity index (χ1v) is 14.8. The minimum Gasteiger partial charge on any atom is -0.544 e. The maximum Gasteiger partial charge on any atom is 0.208 e. The van der Waals surface area contributed by atoms with Gasteiger partial charge in [0, 0.05) is 13.0 Å². The lowest BCUT2D eigenvalue weighted by Gasteiger charge is -2.32. The fourth-order valence-corrected chi connectivity index (χ4v) is 5.06. The van der Waals surface area contributed by atoms with Gasteiger partial charge in [-0.1, -0.05) is 122 Å². The number of unbranched alkanes of at least 4 members (excludes halogenated alkanes) is 17. The number of hydrogen-bond acceptors (Lipinski definition) is 4. The number of hydrogen-bond donors (Lipinski definition) is 1. The number of carbonyl (C=O) groups is 1. The first kappa shape index (κ1) is 31.6. The summed E-state index contributed by atoms with van der Waals surface area (Å²) in [6, 6.07) is 0. The van der Waals surface area contributed by atoms with Crippen molar-refractivity contribution in [3.8, 4) is 0 Å². The molecule has 1 atom stereocenters. The quantitative estimate of drug-likeness (QED) is 0.0872. The number of carbonyl (C=O) groups excluding carboxylic acids is 1.